The SMILES string of the molecule is CC(C)=CCC/C(C)=C\C=Nc1nnc(-c2ccc(Cl)cc2)o1. The molecule has 4 nitrogen and oxygen atoms in total. The topological polar surface area (TPSA) is 51.3 Å². The molecule has 0 saturated carbocycles. The molecule has 2 aromatic rings. The number of benzene rings is 1. The molecule has 0 aliphatic heterocycles. The highest BCUT2D eigenvalue weighted by molar-refractivity contribution is 6.30. The molecule has 23 heavy (non-hydrogen) atoms. The number of allylic oxidation sites excluding steroid dienone is 4. The van der Waals surface area contributed by atoms with Crippen molar-refractivity contribution in [2.75, 3.05) is 0 Å². The highest BCUT2D eigenvalue weighted by atomic mass is 35.5. The highest BCUT2D eigenvalue weighted by Crippen LogP contribution is 2.22. The zero-order valence-corrected chi connectivity index (χ0v) is 14.3. The molecule has 2 rings (SSSR count). The summed E-state index contributed by atoms with van der Waals surface area (Å²) in [6.07, 6.45) is 7.93. The molecule has 120 valence electrons. The third kappa shape index (κ3) is 5.83. The Hall–Kier alpha value is -2.20. The zero-order valence-electron chi connectivity index (χ0n) is 13.6. The maximum absolute atomic E-state index is 5.86. The van der Waals surface area contributed by atoms with E-state index < -0.39 is 0 Å². The summed E-state index contributed by atoms with van der Waals surface area (Å²) >= 11 is 5.86. The molecule has 0 N–H and O–H groups in total. The second kappa shape index (κ2) is 8.44. The van der Waals surface area contributed by atoms with Crippen LogP contribution in [0.2, 0.25) is 5.02 Å². The van der Waals surface area contributed by atoms with Gasteiger partial charge >= 0.3 is 6.01 Å². The first-order chi connectivity index (χ1) is 11.0. The Morgan fingerprint density at radius 1 is 1.17 bits per heavy atom. The summed E-state index contributed by atoms with van der Waals surface area (Å²) < 4.78 is 5.50. The van der Waals surface area contributed by atoms with Crippen LogP contribution in [0, 0.1) is 0 Å². The van der Waals surface area contributed by atoms with Gasteiger partial charge in [0.25, 0.3) is 0 Å². The van der Waals surface area contributed by atoms with Gasteiger partial charge < -0.3 is 4.42 Å². The van der Waals surface area contributed by atoms with Gasteiger partial charge in [0.15, 0.2) is 0 Å². The molecule has 1 aromatic heterocycles. The Balaban J connectivity index is 1.96. The van der Waals surface area contributed by atoms with Crippen molar-refractivity contribution in [1.82, 2.24) is 10.2 Å². The van der Waals surface area contributed by atoms with Crippen molar-refractivity contribution in [3.05, 3.63) is 52.6 Å². The van der Waals surface area contributed by atoms with Crippen LogP contribution < -0.4 is 0 Å². The van der Waals surface area contributed by atoms with E-state index in [1.54, 1.807) is 18.3 Å². The summed E-state index contributed by atoms with van der Waals surface area (Å²) in [5.41, 5.74) is 3.41. The number of aromatic nitrogens is 2. The summed E-state index contributed by atoms with van der Waals surface area (Å²) in [5.74, 6) is 0.429. The molecular weight excluding hydrogens is 310 g/mol. The summed E-state index contributed by atoms with van der Waals surface area (Å²) in [6.45, 7) is 6.29. The van der Waals surface area contributed by atoms with Crippen molar-refractivity contribution in [3.8, 4) is 11.5 Å². The van der Waals surface area contributed by atoms with Gasteiger partial charge in [-0.3, -0.25) is 0 Å². The van der Waals surface area contributed by atoms with E-state index in [1.165, 1.54) is 11.1 Å². The van der Waals surface area contributed by atoms with Crippen molar-refractivity contribution in [2.24, 2.45) is 4.99 Å². The maximum atomic E-state index is 5.86. The number of aliphatic imine (C=N–C) groups is 1. The van der Waals surface area contributed by atoms with E-state index in [9.17, 15) is 0 Å². The standard InChI is InChI=1S/C18H20ClN3O/c1-13(2)5-4-6-14(3)11-12-20-18-22-21-17(23-18)15-7-9-16(19)10-8-15/h5,7-12H,4,6H2,1-3H3/b14-11-,20-12?. The minimum atomic E-state index is 0.239. The minimum absolute atomic E-state index is 0.239. The van der Waals surface area contributed by atoms with E-state index in [-0.39, 0.29) is 6.01 Å². The summed E-state index contributed by atoms with van der Waals surface area (Å²) in [7, 11) is 0. The molecule has 0 aliphatic carbocycles. The van der Waals surface area contributed by atoms with Gasteiger partial charge in [-0.1, -0.05) is 33.9 Å². The summed E-state index contributed by atoms with van der Waals surface area (Å²) in [4.78, 5) is 4.17. The van der Waals surface area contributed by atoms with Gasteiger partial charge in [0.1, 0.15) is 0 Å². The van der Waals surface area contributed by atoms with E-state index in [1.807, 2.05) is 18.2 Å². The van der Waals surface area contributed by atoms with Crippen LogP contribution in [0.4, 0.5) is 6.01 Å². The van der Waals surface area contributed by atoms with Gasteiger partial charge in [0.2, 0.25) is 5.89 Å². The van der Waals surface area contributed by atoms with Crippen LogP contribution in [0.15, 0.2) is 57.0 Å². The monoisotopic (exact) mass is 329 g/mol. The van der Waals surface area contributed by atoms with Gasteiger partial charge in [-0.2, -0.15) is 0 Å². The second-order valence-corrected chi connectivity index (χ2v) is 5.94. The predicted molar refractivity (Wildman–Crippen MR) is 95.3 cm³/mol. The Bertz CT molecular complexity index is 723. The molecule has 0 aliphatic rings. The molecule has 0 unspecified atom stereocenters. The third-order valence-electron chi connectivity index (χ3n) is 3.14. The lowest BCUT2D eigenvalue weighted by Crippen LogP contribution is -1.78. The number of hydrogen-bond acceptors (Lipinski definition) is 4. The Morgan fingerprint density at radius 3 is 2.61 bits per heavy atom. The Morgan fingerprint density at radius 2 is 1.91 bits per heavy atom. The van der Waals surface area contributed by atoms with Crippen molar-refractivity contribution in [2.45, 2.75) is 33.6 Å². The van der Waals surface area contributed by atoms with Gasteiger partial charge in [-0.25, -0.2) is 4.99 Å². The third-order valence-corrected chi connectivity index (χ3v) is 3.39. The lowest BCUT2D eigenvalue weighted by Gasteiger charge is -1.96. The summed E-state index contributed by atoms with van der Waals surface area (Å²) in [5, 5.41) is 8.56. The molecule has 0 saturated heterocycles. The molecule has 0 bridgehead atoms. The number of rotatable bonds is 6. The van der Waals surface area contributed by atoms with Crippen LogP contribution in [-0.2, 0) is 0 Å². The van der Waals surface area contributed by atoms with E-state index in [0.29, 0.717) is 10.9 Å². The van der Waals surface area contributed by atoms with Crippen LogP contribution in [0.5, 0.6) is 0 Å². The van der Waals surface area contributed by atoms with Crippen LogP contribution in [0.3, 0.4) is 0 Å². The van der Waals surface area contributed by atoms with Gasteiger partial charge in [0, 0.05) is 16.8 Å². The van der Waals surface area contributed by atoms with Gasteiger partial charge in [0.05, 0.1) is 0 Å². The summed E-state index contributed by atoms with van der Waals surface area (Å²) in [6, 6.07) is 7.46. The van der Waals surface area contributed by atoms with Crippen molar-refractivity contribution in [1.29, 1.82) is 0 Å². The Labute approximate surface area is 141 Å². The Kier molecular flexibility index (Phi) is 6.29. The van der Waals surface area contributed by atoms with E-state index >= 15 is 0 Å². The molecule has 0 amide bonds. The van der Waals surface area contributed by atoms with Crippen molar-refractivity contribution >= 4 is 23.8 Å². The number of hydrogen-bond donors (Lipinski definition) is 0. The quantitative estimate of drug-likeness (QED) is 0.498. The van der Waals surface area contributed by atoms with Crippen LogP contribution >= 0.6 is 11.6 Å². The molecule has 1 aromatic carbocycles. The first kappa shape index (κ1) is 17.2. The predicted octanol–water partition coefficient (Wildman–Crippen LogP) is 5.79. The fourth-order valence-corrected chi connectivity index (χ4v) is 2.00. The van der Waals surface area contributed by atoms with Crippen molar-refractivity contribution < 1.29 is 4.42 Å². The molecule has 1 heterocycles. The molecule has 0 spiro atoms. The lowest BCUT2D eigenvalue weighted by atomic mass is 10.1. The first-order valence-corrected chi connectivity index (χ1v) is 7.85. The largest absolute Gasteiger partial charge is 0.402 e. The fraction of sp³-hybridized carbons (Fsp3) is 0.278. The van der Waals surface area contributed by atoms with E-state index in [2.05, 4.69) is 42.0 Å². The van der Waals surface area contributed by atoms with Gasteiger partial charge in [-0.15, -0.1) is 5.10 Å². The molecule has 0 radical (unpaired) electrons. The van der Waals surface area contributed by atoms with Crippen LogP contribution in [0.1, 0.15) is 33.6 Å². The van der Waals surface area contributed by atoms with E-state index in [0.717, 1.165) is 18.4 Å². The smallest absolute Gasteiger partial charge is 0.342 e. The number of nitrogens with zero attached hydrogens (tertiary/aromatic N) is 3. The fourth-order valence-electron chi connectivity index (χ4n) is 1.88. The number of halogens is 1. The van der Waals surface area contributed by atoms with Crippen LogP contribution in [-0.4, -0.2) is 16.4 Å². The normalized spacial score (nSPS) is 11.9. The average Bonchev–Trinajstić information content (AvgIpc) is 2.96. The molecule has 0 atom stereocenters. The van der Waals surface area contributed by atoms with Crippen LogP contribution in [0.25, 0.3) is 11.5 Å². The molecular formula is C18H20ClN3O. The second-order valence-electron chi connectivity index (χ2n) is 5.51. The maximum Gasteiger partial charge on any atom is 0.342 e. The lowest BCUT2D eigenvalue weighted by molar-refractivity contribution is 0.580. The van der Waals surface area contributed by atoms with E-state index in [4.69, 9.17) is 16.0 Å². The highest BCUT2D eigenvalue weighted by Gasteiger charge is 2.06. The average molecular weight is 330 g/mol. The van der Waals surface area contributed by atoms with Crippen molar-refractivity contribution in [3.63, 3.8) is 0 Å². The molecule has 5 heteroatoms. The zero-order chi connectivity index (χ0) is 16.7. The molecule has 0 fully saturated rings. The minimum Gasteiger partial charge on any atom is -0.402 e. The first-order valence-electron chi connectivity index (χ1n) is 7.47. The van der Waals surface area contributed by atoms with Gasteiger partial charge in [-0.05, 0) is 64.0 Å².